The maximum Gasteiger partial charge on any atom is 0.252 e. The van der Waals surface area contributed by atoms with E-state index in [0.717, 1.165) is 13.1 Å². The Hall–Kier alpha value is -1.93. The molecule has 0 aliphatic carbocycles. The van der Waals surface area contributed by atoms with E-state index in [1.165, 1.54) is 24.3 Å². The summed E-state index contributed by atoms with van der Waals surface area (Å²) < 4.78 is 12.8. The third kappa shape index (κ3) is 3.09. The van der Waals surface area contributed by atoms with Crippen LogP contribution in [0, 0.1) is 17.1 Å². The number of carbonyl (C=O) groups excluding carboxylic acids is 1. The molecular formula is C14H16FN3O. The fraction of sp³-hybridized carbons (Fsp3) is 0.429. The standard InChI is InChI=1S/C14H16FN3O/c1-18-8-6-14(10-16,7-9-18)17-13(19)11-2-4-12(15)5-3-11/h2-5H,6-9H2,1H3,(H,17,19). The summed E-state index contributed by atoms with van der Waals surface area (Å²) >= 11 is 0. The minimum Gasteiger partial charge on any atom is -0.334 e. The summed E-state index contributed by atoms with van der Waals surface area (Å²) in [6.45, 7) is 1.55. The van der Waals surface area contributed by atoms with Gasteiger partial charge >= 0.3 is 0 Å². The highest BCUT2D eigenvalue weighted by molar-refractivity contribution is 5.94. The number of hydrogen-bond donors (Lipinski definition) is 1. The van der Waals surface area contributed by atoms with E-state index in [4.69, 9.17) is 0 Å². The Balaban J connectivity index is 2.09. The molecule has 1 fully saturated rings. The molecule has 0 saturated carbocycles. The monoisotopic (exact) mass is 261 g/mol. The minimum absolute atomic E-state index is 0.328. The molecular weight excluding hydrogens is 245 g/mol. The SMILES string of the molecule is CN1CCC(C#N)(NC(=O)c2ccc(F)cc2)CC1. The van der Waals surface area contributed by atoms with Crippen LogP contribution in [0.15, 0.2) is 24.3 Å². The largest absolute Gasteiger partial charge is 0.334 e. The van der Waals surface area contributed by atoms with Crippen LogP contribution in [0.1, 0.15) is 23.2 Å². The van der Waals surface area contributed by atoms with Crippen LogP contribution in [-0.2, 0) is 0 Å². The van der Waals surface area contributed by atoms with E-state index in [1.54, 1.807) is 0 Å². The van der Waals surface area contributed by atoms with E-state index in [9.17, 15) is 14.4 Å². The van der Waals surface area contributed by atoms with Gasteiger partial charge in [-0.15, -0.1) is 0 Å². The molecule has 1 amide bonds. The second-order valence-corrected chi connectivity index (χ2v) is 4.96. The number of piperidine rings is 1. The molecule has 1 aromatic carbocycles. The molecule has 1 aliphatic rings. The fourth-order valence-corrected chi connectivity index (χ4v) is 2.16. The molecule has 0 spiro atoms. The lowest BCUT2D eigenvalue weighted by Gasteiger charge is -2.36. The first-order valence-electron chi connectivity index (χ1n) is 6.22. The number of amides is 1. The normalized spacial score (nSPS) is 18.6. The van der Waals surface area contributed by atoms with Gasteiger partial charge in [0.25, 0.3) is 5.91 Å². The van der Waals surface area contributed by atoms with Crippen molar-refractivity contribution in [2.45, 2.75) is 18.4 Å². The van der Waals surface area contributed by atoms with E-state index in [0.29, 0.717) is 18.4 Å². The highest BCUT2D eigenvalue weighted by atomic mass is 19.1. The van der Waals surface area contributed by atoms with Crippen molar-refractivity contribution in [1.29, 1.82) is 5.26 Å². The van der Waals surface area contributed by atoms with E-state index >= 15 is 0 Å². The quantitative estimate of drug-likeness (QED) is 0.878. The summed E-state index contributed by atoms with van der Waals surface area (Å²) in [4.78, 5) is 14.2. The fourth-order valence-electron chi connectivity index (χ4n) is 2.16. The summed E-state index contributed by atoms with van der Waals surface area (Å²) in [5.41, 5.74) is -0.437. The molecule has 100 valence electrons. The third-order valence-electron chi connectivity index (χ3n) is 3.51. The molecule has 1 N–H and O–H groups in total. The van der Waals surface area contributed by atoms with Gasteiger partial charge in [-0.05, 0) is 44.2 Å². The lowest BCUT2D eigenvalue weighted by Crippen LogP contribution is -2.53. The van der Waals surface area contributed by atoms with Crippen molar-refractivity contribution in [1.82, 2.24) is 10.2 Å². The summed E-state index contributed by atoms with van der Waals surface area (Å²) in [6, 6.07) is 7.54. The average molecular weight is 261 g/mol. The minimum atomic E-state index is -0.808. The molecule has 4 nitrogen and oxygen atoms in total. The Morgan fingerprint density at radius 3 is 2.47 bits per heavy atom. The molecule has 1 saturated heterocycles. The molecule has 0 bridgehead atoms. The van der Waals surface area contributed by atoms with Gasteiger partial charge in [-0.3, -0.25) is 4.79 Å². The second-order valence-electron chi connectivity index (χ2n) is 4.96. The molecule has 19 heavy (non-hydrogen) atoms. The summed E-state index contributed by atoms with van der Waals surface area (Å²) in [7, 11) is 1.99. The van der Waals surface area contributed by atoms with Gasteiger partial charge in [0.15, 0.2) is 0 Å². The maximum absolute atomic E-state index is 12.8. The van der Waals surface area contributed by atoms with Gasteiger partial charge in [-0.2, -0.15) is 5.26 Å². The topological polar surface area (TPSA) is 56.1 Å². The first kappa shape index (κ1) is 13.5. The van der Waals surface area contributed by atoms with Crippen LogP contribution >= 0.6 is 0 Å². The van der Waals surface area contributed by atoms with E-state index in [2.05, 4.69) is 16.3 Å². The second kappa shape index (κ2) is 5.37. The third-order valence-corrected chi connectivity index (χ3v) is 3.51. The zero-order valence-electron chi connectivity index (χ0n) is 10.8. The Bertz CT molecular complexity index is 498. The number of benzene rings is 1. The molecule has 0 atom stereocenters. The number of halogens is 1. The van der Waals surface area contributed by atoms with Crippen LogP contribution in [0.5, 0.6) is 0 Å². The van der Waals surface area contributed by atoms with Crippen molar-refractivity contribution >= 4 is 5.91 Å². The number of rotatable bonds is 2. The van der Waals surface area contributed by atoms with E-state index < -0.39 is 5.54 Å². The van der Waals surface area contributed by atoms with Crippen LogP contribution in [0.25, 0.3) is 0 Å². The van der Waals surface area contributed by atoms with Crippen molar-refractivity contribution in [2.24, 2.45) is 0 Å². The maximum atomic E-state index is 12.8. The molecule has 0 unspecified atom stereocenters. The highest BCUT2D eigenvalue weighted by Crippen LogP contribution is 2.21. The molecule has 0 radical (unpaired) electrons. The number of hydrogen-bond acceptors (Lipinski definition) is 3. The van der Waals surface area contributed by atoms with Gasteiger partial charge in [0, 0.05) is 18.7 Å². The number of carbonyl (C=O) groups is 1. The smallest absolute Gasteiger partial charge is 0.252 e. The van der Waals surface area contributed by atoms with Gasteiger partial charge in [-0.25, -0.2) is 4.39 Å². The van der Waals surface area contributed by atoms with Crippen molar-refractivity contribution in [3.8, 4) is 6.07 Å². The number of likely N-dealkylation sites (tertiary alicyclic amines) is 1. The predicted molar refractivity (Wildman–Crippen MR) is 68.9 cm³/mol. The van der Waals surface area contributed by atoms with Gasteiger partial charge in [-0.1, -0.05) is 0 Å². The van der Waals surface area contributed by atoms with Gasteiger partial charge in [0.2, 0.25) is 0 Å². The number of nitrogens with one attached hydrogen (secondary N) is 1. The van der Waals surface area contributed by atoms with Crippen LogP contribution < -0.4 is 5.32 Å². The summed E-state index contributed by atoms with van der Waals surface area (Å²) in [5, 5.41) is 12.1. The zero-order chi connectivity index (χ0) is 13.9. The highest BCUT2D eigenvalue weighted by Gasteiger charge is 2.35. The van der Waals surface area contributed by atoms with Crippen LogP contribution in [0.4, 0.5) is 4.39 Å². The van der Waals surface area contributed by atoms with Crippen molar-refractivity contribution in [3.63, 3.8) is 0 Å². The lowest BCUT2D eigenvalue weighted by molar-refractivity contribution is 0.0882. The van der Waals surface area contributed by atoms with Crippen molar-refractivity contribution in [3.05, 3.63) is 35.6 Å². The molecule has 1 heterocycles. The van der Waals surface area contributed by atoms with E-state index in [1.807, 2.05) is 7.05 Å². The Labute approximate surface area is 111 Å². The zero-order valence-corrected chi connectivity index (χ0v) is 10.8. The van der Waals surface area contributed by atoms with Crippen molar-refractivity contribution < 1.29 is 9.18 Å². The molecule has 5 heteroatoms. The Kier molecular flexibility index (Phi) is 3.82. The molecule has 2 rings (SSSR count). The summed E-state index contributed by atoms with van der Waals surface area (Å²) in [5.74, 6) is -0.711. The van der Waals surface area contributed by atoms with Crippen LogP contribution in [-0.4, -0.2) is 36.5 Å². The van der Waals surface area contributed by atoms with Gasteiger partial charge < -0.3 is 10.2 Å². The lowest BCUT2D eigenvalue weighted by atomic mass is 9.89. The number of nitrogens with zero attached hydrogens (tertiary/aromatic N) is 2. The molecule has 0 aromatic heterocycles. The molecule has 1 aliphatic heterocycles. The van der Waals surface area contributed by atoms with E-state index in [-0.39, 0.29) is 11.7 Å². The van der Waals surface area contributed by atoms with Crippen LogP contribution in [0.2, 0.25) is 0 Å². The number of nitriles is 1. The van der Waals surface area contributed by atoms with Crippen molar-refractivity contribution in [2.75, 3.05) is 20.1 Å². The van der Waals surface area contributed by atoms with Crippen LogP contribution in [0.3, 0.4) is 0 Å². The predicted octanol–water partition coefficient (Wildman–Crippen LogP) is 1.54. The molecule has 1 aromatic rings. The Morgan fingerprint density at radius 2 is 1.95 bits per heavy atom. The average Bonchev–Trinajstić information content (AvgIpc) is 2.42. The first-order chi connectivity index (χ1) is 9.04. The van der Waals surface area contributed by atoms with Gasteiger partial charge in [0.1, 0.15) is 11.4 Å². The van der Waals surface area contributed by atoms with Gasteiger partial charge in [0.05, 0.1) is 6.07 Å². The first-order valence-corrected chi connectivity index (χ1v) is 6.22. The Morgan fingerprint density at radius 1 is 1.37 bits per heavy atom. The summed E-state index contributed by atoms with van der Waals surface area (Å²) in [6.07, 6.45) is 1.21.